The van der Waals surface area contributed by atoms with Gasteiger partial charge in [-0.2, -0.15) is 0 Å². The van der Waals surface area contributed by atoms with Crippen molar-refractivity contribution in [2.45, 2.75) is 88.9 Å². The number of rotatable bonds is 4. The molecule has 0 aromatic heterocycles. The average Bonchev–Trinajstić information content (AvgIpc) is 2.96. The number of ether oxygens (including phenoxy) is 5. The van der Waals surface area contributed by atoms with E-state index in [-0.39, 0.29) is 22.5 Å². The van der Waals surface area contributed by atoms with Crippen molar-refractivity contribution in [1.29, 1.82) is 0 Å². The molecule has 0 amide bonds. The minimum absolute atomic E-state index is 0.128. The molecule has 2 aliphatic heterocycles. The topological polar surface area (TPSA) is 104 Å². The lowest BCUT2D eigenvalue weighted by atomic mass is 9.78. The lowest BCUT2D eigenvalue weighted by molar-refractivity contribution is -0.352. The molecule has 0 aliphatic carbocycles. The highest BCUT2D eigenvalue weighted by molar-refractivity contribution is 8.22. The van der Waals surface area contributed by atoms with Crippen molar-refractivity contribution in [2.24, 2.45) is 17.8 Å². The highest BCUT2D eigenvalue weighted by Gasteiger charge is 2.59. The minimum atomic E-state index is -2.20. The summed E-state index contributed by atoms with van der Waals surface area (Å²) in [4.78, 5) is 13.7. The van der Waals surface area contributed by atoms with Gasteiger partial charge in [-0.3, -0.25) is 4.79 Å². The number of thioether (sulfide) groups is 1. The second kappa shape index (κ2) is 15.1. The van der Waals surface area contributed by atoms with Crippen LogP contribution in [0.4, 0.5) is 0 Å². The standard InChI is InChI=1S/C30H44O8S2/c1-18-16-17-24(35-5)23(34-4)15-11-10-14-22(21-12-8-7-9-13-21)36-28(32)20(3)30(33)27(37-29(39)40-6)25(31)19(2)26(18)38-30/h7-9,12-13,16-20,22-27,31,33H,10-11,14-15H2,1-6H3/b17-16+/t18-,19-,20+,22-,23-,24+,25-,26-,27-,30+/m0/s1. The normalized spacial score (nSPS) is 38.7. The third kappa shape index (κ3) is 7.65. The Bertz CT molecular complexity index is 991. The minimum Gasteiger partial charge on any atom is -0.467 e. The van der Waals surface area contributed by atoms with E-state index >= 15 is 0 Å². The van der Waals surface area contributed by atoms with E-state index < -0.39 is 48.0 Å². The second-order valence-corrected chi connectivity index (χ2v) is 12.1. The van der Waals surface area contributed by atoms with Crippen LogP contribution < -0.4 is 0 Å². The number of aliphatic hydroxyl groups excluding tert-OH is 1. The smallest absolute Gasteiger partial charge is 0.314 e. The summed E-state index contributed by atoms with van der Waals surface area (Å²) in [6.45, 7) is 5.30. The SMILES string of the molecule is CO[C@H]1CCCC[C@@H](c2ccccc2)OC(=O)[C@@H](C)[C@@]2(O)O[C@H]([C@@H](C)[C@H](O)[C@@H]2OC(=S)SC)[C@@H](C)/C=C/[C@H]1OC. The van der Waals surface area contributed by atoms with Gasteiger partial charge < -0.3 is 33.9 Å². The number of benzene rings is 1. The number of aliphatic hydroxyl groups is 2. The Labute approximate surface area is 247 Å². The Morgan fingerprint density at radius 2 is 1.75 bits per heavy atom. The molecule has 0 unspecified atom stereocenters. The molecule has 8 nitrogen and oxygen atoms in total. The van der Waals surface area contributed by atoms with Crippen LogP contribution in [0, 0.1) is 17.8 Å². The summed E-state index contributed by atoms with van der Waals surface area (Å²) in [5, 5.41) is 23.5. The van der Waals surface area contributed by atoms with Gasteiger partial charge >= 0.3 is 5.97 Å². The zero-order chi connectivity index (χ0) is 29.4. The maximum atomic E-state index is 13.7. The summed E-state index contributed by atoms with van der Waals surface area (Å²) in [6.07, 6.45) is 4.51. The molecule has 1 aromatic rings. The van der Waals surface area contributed by atoms with Gasteiger partial charge in [0.15, 0.2) is 6.10 Å². The molecule has 10 heteroatoms. The van der Waals surface area contributed by atoms with Crippen LogP contribution in [0.1, 0.15) is 58.1 Å². The van der Waals surface area contributed by atoms with Gasteiger partial charge in [0, 0.05) is 26.1 Å². The third-order valence-corrected chi connectivity index (χ3v) is 9.19. The van der Waals surface area contributed by atoms with Crippen LogP contribution in [-0.4, -0.2) is 77.3 Å². The van der Waals surface area contributed by atoms with Crippen molar-refractivity contribution in [3.63, 3.8) is 0 Å². The molecule has 2 bridgehead atoms. The zero-order valence-corrected chi connectivity index (χ0v) is 25.9. The first-order chi connectivity index (χ1) is 19.1. The fourth-order valence-electron chi connectivity index (χ4n) is 5.56. The number of carbonyl (C=O) groups excluding carboxylic acids is 1. The van der Waals surface area contributed by atoms with Gasteiger partial charge in [0.25, 0.3) is 0 Å². The van der Waals surface area contributed by atoms with Crippen LogP contribution in [0.3, 0.4) is 0 Å². The van der Waals surface area contributed by atoms with E-state index in [9.17, 15) is 15.0 Å². The molecule has 40 heavy (non-hydrogen) atoms. The first-order valence-electron chi connectivity index (χ1n) is 13.9. The molecule has 1 saturated heterocycles. The van der Waals surface area contributed by atoms with Crippen LogP contribution in [-0.2, 0) is 28.5 Å². The second-order valence-electron chi connectivity index (χ2n) is 10.7. The van der Waals surface area contributed by atoms with E-state index in [1.54, 1.807) is 20.5 Å². The molecule has 1 aromatic carbocycles. The van der Waals surface area contributed by atoms with E-state index in [4.69, 9.17) is 35.9 Å². The van der Waals surface area contributed by atoms with Crippen molar-refractivity contribution >= 4 is 34.3 Å². The molecule has 0 radical (unpaired) electrons. The quantitative estimate of drug-likeness (QED) is 0.286. The van der Waals surface area contributed by atoms with Gasteiger partial charge in [-0.05, 0) is 50.2 Å². The van der Waals surface area contributed by atoms with Crippen molar-refractivity contribution in [1.82, 2.24) is 0 Å². The van der Waals surface area contributed by atoms with Crippen molar-refractivity contribution < 1.29 is 38.7 Å². The van der Waals surface area contributed by atoms with E-state index in [1.807, 2.05) is 56.3 Å². The molecule has 3 rings (SSSR count). The summed E-state index contributed by atoms with van der Waals surface area (Å²) in [7, 11) is 3.32. The molecule has 2 N–H and O–H groups in total. The number of fused-ring (bicyclic) bond motifs is 2. The Hall–Kier alpha value is -1.53. The van der Waals surface area contributed by atoms with E-state index in [1.165, 1.54) is 18.7 Å². The molecule has 10 atom stereocenters. The highest BCUT2D eigenvalue weighted by Crippen LogP contribution is 2.42. The largest absolute Gasteiger partial charge is 0.467 e. The Kier molecular flexibility index (Phi) is 12.4. The highest BCUT2D eigenvalue weighted by atomic mass is 32.2. The fourth-order valence-corrected chi connectivity index (χ4v) is 5.86. The summed E-state index contributed by atoms with van der Waals surface area (Å²) >= 11 is 6.44. The Morgan fingerprint density at radius 1 is 1.07 bits per heavy atom. The first kappa shape index (κ1) is 33.0. The predicted octanol–water partition coefficient (Wildman–Crippen LogP) is 4.82. The van der Waals surface area contributed by atoms with E-state index in [0.717, 1.165) is 24.8 Å². The molecule has 0 spiro atoms. The van der Waals surface area contributed by atoms with Gasteiger partial charge in [-0.25, -0.2) is 0 Å². The molecule has 224 valence electrons. The molecule has 2 aliphatic rings. The Balaban J connectivity index is 2.05. The van der Waals surface area contributed by atoms with E-state index in [0.29, 0.717) is 6.42 Å². The van der Waals surface area contributed by atoms with Crippen molar-refractivity contribution in [3.8, 4) is 0 Å². The molecular formula is C30H44O8S2. The van der Waals surface area contributed by atoms with Crippen molar-refractivity contribution in [3.05, 3.63) is 48.0 Å². The monoisotopic (exact) mass is 596 g/mol. The van der Waals surface area contributed by atoms with Gasteiger partial charge in [0.2, 0.25) is 10.2 Å². The maximum absolute atomic E-state index is 13.7. The number of cyclic esters (lactones) is 1. The van der Waals surface area contributed by atoms with Crippen LogP contribution in [0.15, 0.2) is 42.5 Å². The van der Waals surface area contributed by atoms with Gasteiger partial charge in [-0.1, -0.05) is 74.5 Å². The van der Waals surface area contributed by atoms with Crippen LogP contribution in [0.2, 0.25) is 0 Å². The number of thiocarbonyl (C=S) groups is 1. The van der Waals surface area contributed by atoms with Gasteiger partial charge in [0.1, 0.15) is 24.2 Å². The van der Waals surface area contributed by atoms with Crippen LogP contribution in [0.25, 0.3) is 0 Å². The summed E-state index contributed by atoms with van der Waals surface area (Å²) in [5.41, 5.74) is 0.859. The summed E-state index contributed by atoms with van der Waals surface area (Å²) < 4.78 is 29.9. The zero-order valence-electron chi connectivity index (χ0n) is 24.2. The molecule has 0 saturated carbocycles. The van der Waals surface area contributed by atoms with Gasteiger partial charge in [-0.15, -0.1) is 0 Å². The van der Waals surface area contributed by atoms with Gasteiger partial charge in [0.05, 0.1) is 12.2 Å². The lowest BCUT2D eigenvalue weighted by Gasteiger charge is -2.51. The Morgan fingerprint density at radius 3 is 2.38 bits per heavy atom. The summed E-state index contributed by atoms with van der Waals surface area (Å²) in [5.74, 6) is -4.75. The predicted molar refractivity (Wildman–Crippen MR) is 159 cm³/mol. The van der Waals surface area contributed by atoms with Crippen LogP contribution >= 0.6 is 24.0 Å². The average molecular weight is 597 g/mol. The molecular weight excluding hydrogens is 552 g/mol. The fraction of sp³-hybridized carbons (Fsp3) is 0.667. The number of esters is 1. The first-order valence-corrected chi connectivity index (χ1v) is 15.5. The van der Waals surface area contributed by atoms with E-state index in [2.05, 4.69) is 0 Å². The molecule has 2 heterocycles. The number of hydrogen-bond donors (Lipinski definition) is 2. The number of carbonyl (C=O) groups is 1. The van der Waals surface area contributed by atoms with Crippen LogP contribution in [0.5, 0.6) is 0 Å². The molecule has 1 fully saturated rings. The summed E-state index contributed by atoms with van der Waals surface area (Å²) in [6, 6.07) is 9.54. The lowest BCUT2D eigenvalue weighted by Crippen LogP contribution is -2.67. The number of hydrogen-bond acceptors (Lipinski definition) is 10. The third-order valence-electron chi connectivity index (χ3n) is 8.16. The maximum Gasteiger partial charge on any atom is 0.314 e. The van der Waals surface area contributed by atoms with Crippen molar-refractivity contribution in [2.75, 3.05) is 20.5 Å². The number of methoxy groups -OCH3 is 2.